The monoisotopic (exact) mass is 699 g/mol. The molecule has 0 saturated carbocycles. The third-order valence-electron chi connectivity index (χ3n) is 11.1. The number of para-hydroxylation sites is 4. The Bertz CT molecular complexity index is 3400. The molecule has 0 aliphatic rings. The number of nitriles is 2. The van der Waals surface area contributed by atoms with Crippen LogP contribution in [0.5, 0.6) is 0 Å². The molecule has 3 heterocycles. The van der Waals surface area contributed by atoms with Crippen molar-refractivity contribution in [3.63, 3.8) is 0 Å². The van der Waals surface area contributed by atoms with Gasteiger partial charge in [-0.25, -0.2) is 0 Å². The topological polar surface area (TPSA) is 62.4 Å². The van der Waals surface area contributed by atoms with E-state index in [0.29, 0.717) is 11.1 Å². The second-order valence-electron chi connectivity index (χ2n) is 14.0. The first-order chi connectivity index (χ1) is 27.2. The average molecular weight is 700 g/mol. The molecule has 5 heteroatoms. The molecule has 0 radical (unpaired) electrons. The normalized spacial score (nSPS) is 11.6. The first kappa shape index (κ1) is 30.7. The summed E-state index contributed by atoms with van der Waals surface area (Å²) in [5.41, 5.74) is 12.9. The molecule has 8 aromatic carbocycles. The highest BCUT2D eigenvalue weighted by Crippen LogP contribution is 2.40. The smallest absolute Gasteiger partial charge is 0.101 e. The van der Waals surface area contributed by atoms with Gasteiger partial charge >= 0.3 is 0 Å². The van der Waals surface area contributed by atoms with Crippen LogP contribution in [0.3, 0.4) is 0 Å². The van der Waals surface area contributed by atoms with Crippen LogP contribution in [-0.4, -0.2) is 13.7 Å². The van der Waals surface area contributed by atoms with E-state index in [9.17, 15) is 10.5 Å². The zero-order chi connectivity index (χ0) is 36.6. The molecule has 0 bridgehead atoms. The summed E-state index contributed by atoms with van der Waals surface area (Å²) in [6.07, 6.45) is 0. The molecule has 254 valence electrons. The number of hydrogen-bond acceptors (Lipinski definition) is 2. The lowest BCUT2D eigenvalue weighted by molar-refractivity contribution is 1.16. The van der Waals surface area contributed by atoms with Gasteiger partial charge in [0.05, 0.1) is 61.7 Å². The van der Waals surface area contributed by atoms with Crippen molar-refractivity contribution < 1.29 is 0 Å². The summed E-state index contributed by atoms with van der Waals surface area (Å²) in [7, 11) is 0. The molecule has 0 amide bonds. The number of hydrogen-bond donors (Lipinski definition) is 0. The summed E-state index contributed by atoms with van der Waals surface area (Å²) in [5, 5.41) is 26.9. The maximum absolute atomic E-state index is 10.3. The third kappa shape index (κ3) is 4.45. The van der Waals surface area contributed by atoms with Gasteiger partial charge in [-0.3, -0.25) is 0 Å². The van der Waals surface area contributed by atoms with Crippen molar-refractivity contribution in [2.24, 2.45) is 0 Å². The van der Waals surface area contributed by atoms with E-state index in [-0.39, 0.29) is 0 Å². The maximum Gasteiger partial charge on any atom is 0.101 e. The predicted octanol–water partition coefficient (Wildman–Crippen LogP) is 12.4. The van der Waals surface area contributed by atoms with Crippen LogP contribution in [0.15, 0.2) is 176 Å². The van der Waals surface area contributed by atoms with E-state index in [1.54, 1.807) is 0 Å². The van der Waals surface area contributed by atoms with E-state index >= 15 is 0 Å². The van der Waals surface area contributed by atoms with Crippen molar-refractivity contribution in [2.75, 3.05) is 0 Å². The fourth-order valence-corrected chi connectivity index (χ4v) is 8.74. The van der Waals surface area contributed by atoms with Crippen molar-refractivity contribution in [3.05, 3.63) is 187 Å². The van der Waals surface area contributed by atoms with Gasteiger partial charge in [-0.1, -0.05) is 97.1 Å². The van der Waals surface area contributed by atoms with Gasteiger partial charge in [-0.05, 0) is 90.0 Å². The highest BCUT2D eigenvalue weighted by Gasteiger charge is 2.20. The molecule has 55 heavy (non-hydrogen) atoms. The van der Waals surface area contributed by atoms with Gasteiger partial charge in [0.25, 0.3) is 0 Å². The minimum atomic E-state index is 0.580. The quantitative estimate of drug-likeness (QED) is 0.184. The molecular formula is C50H29N5. The summed E-state index contributed by atoms with van der Waals surface area (Å²) in [5.74, 6) is 0. The van der Waals surface area contributed by atoms with Gasteiger partial charge in [-0.15, -0.1) is 0 Å². The molecule has 0 N–H and O–H groups in total. The van der Waals surface area contributed by atoms with Crippen molar-refractivity contribution >= 4 is 65.4 Å². The Labute approximate surface area is 316 Å². The third-order valence-corrected chi connectivity index (χ3v) is 11.1. The zero-order valence-corrected chi connectivity index (χ0v) is 29.5. The van der Waals surface area contributed by atoms with Crippen molar-refractivity contribution in [1.82, 2.24) is 13.7 Å². The molecule has 0 saturated heterocycles. The highest BCUT2D eigenvalue weighted by molar-refractivity contribution is 6.16. The van der Waals surface area contributed by atoms with Crippen LogP contribution in [0.4, 0.5) is 0 Å². The summed E-state index contributed by atoms with van der Waals surface area (Å²) in [4.78, 5) is 0. The Hall–Kier alpha value is -7.86. The van der Waals surface area contributed by atoms with Gasteiger partial charge in [0.1, 0.15) is 6.07 Å². The lowest BCUT2D eigenvalue weighted by atomic mass is 10.0. The van der Waals surface area contributed by atoms with E-state index in [1.165, 1.54) is 32.6 Å². The van der Waals surface area contributed by atoms with Crippen molar-refractivity contribution in [1.29, 1.82) is 10.5 Å². The highest BCUT2D eigenvalue weighted by atomic mass is 15.0. The first-order valence-electron chi connectivity index (χ1n) is 18.3. The van der Waals surface area contributed by atoms with E-state index in [1.807, 2.05) is 42.5 Å². The number of benzene rings is 8. The fourth-order valence-electron chi connectivity index (χ4n) is 8.74. The lowest BCUT2D eigenvalue weighted by Gasteiger charge is -2.14. The van der Waals surface area contributed by atoms with Crippen LogP contribution < -0.4 is 0 Å². The number of aromatic nitrogens is 3. The Morgan fingerprint density at radius 2 is 0.873 bits per heavy atom. The lowest BCUT2D eigenvalue weighted by Crippen LogP contribution is -1.98. The van der Waals surface area contributed by atoms with Crippen molar-refractivity contribution in [3.8, 4) is 40.3 Å². The molecule has 0 atom stereocenters. The van der Waals surface area contributed by atoms with Crippen molar-refractivity contribution in [2.45, 2.75) is 0 Å². The summed E-state index contributed by atoms with van der Waals surface area (Å²) in [6.45, 7) is 0. The SMILES string of the molecule is N#Cc1ccc2c(c1)c1ccccc1n2-c1cc(-c2ccc(-n3c4ccccc4c4c(-n5c6ccccc6c6ccccc65)cccc43)cc2)ccc1C#N. The Morgan fingerprint density at radius 1 is 0.345 bits per heavy atom. The molecule has 0 aliphatic heterocycles. The first-order valence-corrected chi connectivity index (χ1v) is 18.3. The zero-order valence-electron chi connectivity index (χ0n) is 29.5. The van der Waals surface area contributed by atoms with Crippen LogP contribution in [0.1, 0.15) is 11.1 Å². The standard InChI is InChI=1S/C50H29N5/c51-30-32-20-27-46-41(28-32)39-12-3-7-16-44(39)55(46)49-29-34(21-22-35(49)31-52)33-23-25-36(26-24-33)53-45-17-8-4-13-40(45)50-47(53)18-9-19-48(50)54-42-14-5-1-10-37(42)38-11-2-6-15-43(38)54/h1-29H. The average Bonchev–Trinajstić information content (AvgIpc) is 3.89. The number of nitrogens with zero attached hydrogens (tertiary/aromatic N) is 5. The van der Waals surface area contributed by atoms with Gasteiger partial charge in [-0.2, -0.15) is 10.5 Å². The molecule has 5 nitrogen and oxygen atoms in total. The Balaban J connectivity index is 1.07. The summed E-state index contributed by atoms with van der Waals surface area (Å²) < 4.78 is 6.92. The Kier molecular flexibility index (Phi) is 6.61. The summed E-state index contributed by atoms with van der Waals surface area (Å²) >= 11 is 0. The molecule has 0 fully saturated rings. The minimum absolute atomic E-state index is 0.580. The fraction of sp³-hybridized carbons (Fsp3) is 0. The van der Waals surface area contributed by atoms with E-state index < -0.39 is 0 Å². The van der Waals surface area contributed by atoms with Crippen LogP contribution in [0, 0.1) is 22.7 Å². The van der Waals surface area contributed by atoms with Crippen LogP contribution in [0.2, 0.25) is 0 Å². The van der Waals surface area contributed by atoms with Crippen LogP contribution in [-0.2, 0) is 0 Å². The molecule has 11 rings (SSSR count). The second-order valence-corrected chi connectivity index (χ2v) is 14.0. The van der Waals surface area contributed by atoms with E-state index in [2.05, 4.69) is 159 Å². The van der Waals surface area contributed by atoms with E-state index in [4.69, 9.17) is 0 Å². The molecule has 0 spiro atoms. The van der Waals surface area contributed by atoms with Gasteiger partial charge in [0.15, 0.2) is 0 Å². The molecule has 3 aromatic heterocycles. The molecule has 11 aromatic rings. The Morgan fingerprint density at radius 3 is 1.51 bits per heavy atom. The molecular weight excluding hydrogens is 671 g/mol. The number of fused-ring (bicyclic) bond motifs is 9. The van der Waals surface area contributed by atoms with Gasteiger partial charge in [0, 0.05) is 38.0 Å². The largest absolute Gasteiger partial charge is 0.309 e. The number of rotatable bonds is 4. The molecule has 0 unspecified atom stereocenters. The van der Waals surface area contributed by atoms with Gasteiger partial charge < -0.3 is 13.7 Å². The van der Waals surface area contributed by atoms with Gasteiger partial charge in [0.2, 0.25) is 0 Å². The van der Waals surface area contributed by atoms with Crippen LogP contribution >= 0.6 is 0 Å². The maximum atomic E-state index is 10.3. The predicted molar refractivity (Wildman–Crippen MR) is 224 cm³/mol. The van der Waals surface area contributed by atoms with E-state index in [0.717, 1.165) is 61.0 Å². The summed E-state index contributed by atoms with van der Waals surface area (Å²) in [6, 6.07) is 66.0. The minimum Gasteiger partial charge on any atom is -0.309 e. The molecule has 0 aliphatic carbocycles. The van der Waals surface area contributed by atoms with Crippen LogP contribution in [0.25, 0.3) is 93.6 Å². The second kappa shape index (κ2) is 11.8.